The normalized spacial score (nSPS) is 19.6. The summed E-state index contributed by atoms with van der Waals surface area (Å²) in [6.45, 7) is 4.08. The molecule has 1 unspecified atom stereocenters. The highest BCUT2D eigenvalue weighted by Crippen LogP contribution is 2.55. The van der Waals surface area contributed by atoms with E-state index in [-0.39, 0.29) is 5.75 Å². The van der Waals surface area contributed by atoms with Crippen molar-refractivity contribution in [1.29, 1.82) is 0 Å². The lowest BCUT2D eigenvalue weighted by atomic mass is 9.69. The second-order valence-corrected chi connectivity index (χ2v) is 10.3. The molecule has 6 heteroatoms. The second-order valence-electron chi connectivity index (χ2n) is 10.3. The molecule has 1 N–H and O–H groups in total. The summed E-state index contributed by atoms with van der Waals surface area (Å²) in [6, 6.07) is 20.6. The van der Waals surface area contributed by atoms with Crippen molar-refractivity contribution in [1.82, 2.24) is 0 Å². The standard InChI is InChI=1S/C30H27NO5/c1-29(2)17-30(36-27-20-14-13-18(31(3)4)15-24(20)35-28(33)26(27)29)16-25(19-9-5-7-11-22(19)32)34-23-12-8-6-10-21(23)30/h5-16,32H,17H2,1-4H3. The Morgan fingerprint density at radius 3 is 2.50 bits per heavy atom. The van der Waals surface area contributed by atoms with Crippen molar-refractivity contribution >= 4 is 22.4 Å². The minimum atomic E-state index is -0.927. The van der Waals surface area contributed by atoms with E-state index in [4.69, 9.17) is 13.9 Å². The Labute approximate surface area is 209 Å². The fraction of sp³-hybridized carbons (Fsp3) is 0.233. The molecule has 0 saturated carbocycles. The maximum atomic E-state index is 13.3. The van der Waals surface area contributed by atoms with Crippen molar-refractivity contribution in [2.24, 2.45) is 0 Å². The number of rotatable bonds is 2. The molecule has 1 aromatic heterocycles. The van der Waals surface area contributed by atoms with Gasteiger partial charge in [0.2, 0.25) is 0 Å². The van der Waals surface area contributed by atoms with Crippen LogP contribution in [0.5, 0.6) is 17.2 Å². The predicted molar refractivity (Wildman–Crippen MR) is 140 cm³/mol. The number of para-hydroxylation sites is 2. The van der Waals surface area contributed by atoms with Crippen LogP contribution in [0, 0.1) is 0 Å². The molecule has 0 saturated heterocycles. The van der Waals surface area contributed by atoms with Crippen LogP contribution in [0.3, 0.4) is 0 Å². The number of anilines is 1. The number of benzene rings is 3. The number of phenolic OH excluding ortho intramolecular Hbond substituents is 1. The number of phenols is 1. The quantitative estimate of drug-likeness (QED) is 0.357. The zero-order chi connectivity index (χ0) is 25.2. The molecule has 2 aliphatic rings. The zero-order valence-corrected chi connectivity index (χ0v) is 20.7. The Bertz CT molecular complexity index is 1610. The fourth-order valence-electron chi connectivity index (χ4n) is 5.48. The molecular formula is C30H27NO5. The number of ether oxygens (including phenoxy) is 2. The average Bonchev–Trinajstić information content (AvgIpc) is 2.83. The molecule has 1 spiro atoms. The van der Waals surface area contributed by atoms with Gasteiger partial charge in [0.15, 0.2) is 5.60 Å². The summed E-state index contributed by atoms with van der Waals surface area (Å²) < 4.78 is 19.0. The maximum Gasteiger partial charge on any atom is 0.343 e. The van der Waals surface area contributed by atoms with Crippen molar-refractivity contribution in [3.63, 3.8) is 0 Å². The van der Waals surface area contributed by atoms with E-state index in [0.29, 0.717) is 40.4 Å². The summed E-state index contributed by atoms with van der Waals surface area (Å²) in [6.07, 6.45) is 2.42. The van der Waals surface area contributed by atoms with Gasteiger partial charge in [-0.05, 0) is 30.3 Å². The van der Waals surface area contributed by atoms with Gasteiger partial charge in [0.05, 0.1) is 16.5 Å². The van der Waals surface area contributed by atoms with Gasteiger partial charge in [0, 0.05) is 49.3 Å². The lowest BCUT2D eigenvalue weighted by Gasteiger charge is -2.46. The molecule has 182 valence electrons. The SMILES string of the molecule is CN(C)c1ccc2c3c(c(=O)oc2c1)C(C)(C)CC1(C=C(c2ccccc2O)Oc2ccccc21)O3. The highest BCUT2D eigenvalue weighted by molar-refractivity contribution is 5.88. The lowest BCUT2D eigenvalue weighted by molar-refractivity contribution is 0.0540. The van der Waals surface area contributed by atoms with Crippen LogP contribution >= 0.6 is 0 Å². The Morgan fingerprint density at radius 1 is 0.972 bits per heavy atom. The Balaban J connectivity index is 1.63. The van der Waals surface area contributed by atoms with Gasteiger partial charge in [0.1, 0.15) is 28.6 Å². The number of fused-ring (bicyclic) bond motifs is 5. The highest BCUT2D eigenvalue weighted by atomic mass is 16.5. The number of aromatic hydroxyl groups is 1. The summed E-state index contributed by atoms with van der Waals surface area (Å²) in [5, 5.41) is 11.3. The monoisotopic (exact) mass is 481 g/mol. The van der Waals surface area contributed by atoms with Gasteiger partial charge in [-0.3, -0.25) is 0 Å². The molecule has 0 bridgehead atoms. The van der Waals surface area contributed by atoms with Crippen molar-refractivity contribution in [2.75, 3.05) is 19.0 Å². The van der Waals surface area contributed by atoms with E-state index in [2.05, 4.69) is 0 Å². The third kappa shape index (κ3) is 3.28. The van der Waals surface area contributed by atoms with E-state index in [1.165, 1.54) is 0 Å². The first-order valence-corrected chi connectivity index (χ1v) is 11.9. The zero-order valence-electron chi connectivity index (χ0n) is 20.7. The first-order chi connectivity index (χ1) is 17.2. The molecule has 0 fully saturated rings. The van der Waals surface area contributed by atoms with E-state index in [1.54, 1.807) is 12.1 Å². The van der Waals surface area contributed by atoms with Gasteiger partial charge < -0.3 is 23.9 Å². The topological polar surface area (TPSA) is 72.1 Å². The first-order valence-electron chi connectivity index (χ1n) is 11.9. The second kappa shape index (κ2) is 7.65. The van der Waals surface area contributed by atoms with Crippen LogP contribution < -0.4 is 20.0 Å². The molecule has 0 aliphatic carbocycles. The van der Waals surface area contributed by atoms with E-state index >= 15 is 0 Å². The highest BCUT2D eigenvalue weighted by Gasteiger charge is 2.50. The van der Waals surface area contributed by atoms with Crippen LogP contribution in [0.15, 0.2) is 82.0 Å². The summed E-state index contributed by atoms with van der Waals surface area (Å²) in [4.78, 5) is 15.2. The van der Waals surface area contributed by atoms with Crippen molar-refractivity contribution in [3.05, 3.63) is 99.9 Å². The molecule has 6 rings (SSSR count). The van der Waals surface area contributed by atoms with Gasteiger partial charge in [-0.1, -0.05) is 44.2 Å². The van der Waals surface area contributed by atoms with Crippen molar-refractivity contribution in [2.45, 2.75) is 31.3 Å². The van der Waals surface area contributed by atoms with Crippen LogP contribution in [0.4, 0.5) is 5.69 Å². The Hall–Kier alpha value is -4.19. The van der Waals surface area contributed by atoms with Gasteiger partial charge in [-0.25, -0.2) is 4.79 Å². The minimum absolute atomic E-state index is 0.121. The van der Waals surface area contributed by atoms with Gasteiger partial charge in [-0.15, -0.1) is 0 Å². The third-order valence-electron chi connectivity index (χ3n) is 7.12. The smallest absolute Gasteiger partial charge is 0.343 e. The Kier molecular flexibility index (Phi) is 4.74. The van der Waals surface area contributed by atoms with E-state index in [1.807, 2.05) is 93.5 Å². The molecule has 1 atom stereocenters. The van der Waals surface area contributed by atoms with Gasteiger partial charge in [0.25, 0.3) is 0 Å². The predicted octanol–water partition coefficient (Wildman–Crippen LogP) is 5.95. The van der Waals surface area contributed by atoms with E-state index in [9.17, 15) is 9.90 Å². The fourth-order valence-corrected chi connectivity index (χ4v) is 5.48. The van der Waals surface area contributed by atoms with Crippen LogP contribution in [0.1, 0.15) is 37.0 Å². The van der Waals surface area contributed by atoms with Crippen molar-refractivity contribution < 1.29 is 19.0 Å². The summed E-state index contributed by atoms with van der Waals surface area (Å²) in [7, 11) is 3.88. The molecule has 2 aliphatic heterocycles. The number of hydrogen-bond acceptors (Lipinski definition) is 6. The van der Waals surface area contributed by atoms with Gasteiger partial charge in [-0.2, -0.15) is 0 Å². The minimum Gasteiger partial charge on any atom is -0.507 e. The molecule has 4 aromatic rings. The molecule has 36 heavy (non-hydrogen) atoms. The van der Waals surface area contributed by atoms with E-state index < -0.39 is 16.6 Å². The lowest BCUT2D eigenvalue weighted by Crippen LogP contribution is -2.46. The first kappa shape index (κ1) is 22.3. The van der Waals surface area contributed by atoms with Crippen molar-refractivity contribution in [3.8, 4) is 17.2 Å². The Morgan fingerprint density at radius 2 is 1.72 bits per heavy atom. The van der Waals surface area contributed by atoms with Crippen LogP contribution in [0.25, 0.3) is 16.7 Å². The average molecular weight is 482 g/mol. The summed E-state index contributed by atoms with van der Waals surface area (Å²) >= 11 is 0. The van der Waals surface area contributed by atoms with Crippen LogP contribution in [-0.2, 0) is 11.0 Å². The summed E-state index contributed by atoms with van der Waals surface area (Å²) in [5.41, 5.74) is 1.48. The summed E-state index contributed by atoms with van der Waals surface area (Å²) in [5.74, 6) is 1.80. The molecule has 0 radical (unpaired) electrons. The molecule has 3 heterocycles. The maximum absolute atomic E-state index is 13.3. The largest absolute Gasteiger partial charge is 0.507 e. The third-order valence-corrected chi connectivity index (χ3v) is 7.12. The van der Waals surface area contributed by atoms with E-state index in [0.717, 1.165) is 16.6 Å². The van der Waals surface area contributed by atoms with Crippen LogP contribution in [-0.4, -0.2) is 19.2 Å². The molecule has 0 amide bonds. The van der Waals surface area contributed by atoms with Crippen LogP contribution in [0.2, 0.25) is 0 Å². The number of hydrogen-bond donors (Lipinski definition) is 1. The molecular weight excluding hydrogens is 454 g/mol. The number of nitrogens with zero attached hydrogens (tertiary/aromatic N) is 1. The molecule has 6 nitrogen and oxygen atoms in total. The van der Waals surface area contributed by atoms with Gasteiger partial charge >= 0.3 is 5.63 Å². The molecule has 3 aromatic carbocycles.